The molecule has 1 heterocycles. The molecule has 2 aliphatic rings. The van der Waals surface area contributed by atoms with Gasteiger partial charge in [0.05, 0.1) is 0 Å². The lowest BCUT2D eigenvalue weighted by molar-refractivity contribution is 0.190. The van der Waals surface area contributed by atoms with Crippen LogP contribution in [0.2, 0.25) is 0 Å². The lowest BCUT2D eigenvalue weighted by Gasteiger charge is -2.32. The Morgan fingerprint density at radius 1 is 1.20 bits per heavy atom. The van der Waals surface area contributed by atoms with Gasteiger partial charge in [0.1, 0.15) is 5.82 Å². The second-order valence-corrected chi connectivity index (χ2v) is 6.47. The molecule has 2 fully saturated rings. The minimum Gasteiger partial charge on any atom is -0.314 e. The molecule has 1 aromatic carbocycles. The van der Waals surface area contributed by atoms with Gasteiger partial charge < -0.3 is 5.32 Å². The largest absolute Gasteiger partial charge is 0.314 e. The van der Waals surface area contributed by atoms with Crippen molar-refractivity contribution in [3.8, 4) is 0 Å². The fraction of sp³-hybridized carbons (Fsp3) is 0.647. The van der Waals surface area contributed by atoms with Gasteiger partial charge in [-0.15, -0.1) is 0 Å². The number of nitrogens with zero attached hydrogens (tertiary/aromatic N) is 1. The van der Waals surface area contributed by atoms with E-state index >= 15 is 0 Å². The van der Waals surface area contributed by atoms with E-state index in [2.05, 4.69) is 10.2 Å². The van der Waals surface area contributed by atoms with Gasteiger partial charge in [-0.3, -0.25) is 4.90 Å². The molecule has 0 amide bonds. The zero-order valence-corrected chi connectivity index (χ0v) is 12.4. The Balaban J connectivity index is 1.45. The fourth-order valence-electron chi connectivity index (χ4n) is 3.03. The first-order chi connectivity index (χ1) is 9.70. The van der Waals surface area contributed by atoms with Gasteiger partial charge in [-0.05, 0) is 81.4 Å². The normalized spacial score (nSPS) is 21.3. The first kappa shape index (κ1) is 14.0. The summed E-state index contributed by atoms with van der Waals surface area (Å²) in [5.74, 6) is 0.837. The number of aryl methyl sites for hydroxylation is 1. The molecule has 0 bridgehead atoms. The van der Waals surface area contributed by atoms with E-state index in [0.717, 1.165) is 31.1 Å². The quantitative estimate of drug-likeness (QED) is 0.889. The van der Waals surface area contributed by atoms with Crippen LogP contribution in [0.5, 0.6) is 0 Å². The SMILES string of the molecule is Cc1cc(F)ccc1CN1CCC(NCC2CC2)CC1. The highest BCUT2D eigenvalue weighted by Crippen LogP contribution is 2.28. The molecule has 3 heteroatoms. The van der Waals surface area contributed by atoms with Crippen molar-refractivity contribution in [1.29, 1.82) is 0 Å². The molecule has 0 aromatic heterocycles. The number of halogens is 1. The summed E-state index contributed by atoms with van der Waals surface area (Å²) in [6, 6.07) is 5.86. The number of piperidine rings is 1. The Hall–Kier alpha value is -0.930. The lowest BCUT2D eigenvalue weighted by atomic mass is 10.0. The summed E-state index contributed by atoms with van der Waals surface area (Å²) in [7, 11) is 0. The van der Waals surface area contributed by atoms with Crippen molar-refractivity contribution in [2.24, 2.45) is 5.92 Å². The van der Waals surface area contributed by atoms with Crippen LogP contribution in [0.1, 0.15) is 36.8 Å². The van der Waals surface area contributed by atoms with Gasteiger partial charge in [0.25, 0.3) is 0 Å². The lowest BCUT2D eigenvalue weighted by Crippen LogP contribution is -2.42. The van der Waals surface area contributed by atoms with Crippen LogP contribution in [0.25, 0.3) is 0 Å². The molecule has 20 heavy (non-hydrogen) atoms. The summed E-state index contributed by atoms with van der Waals surface area (Å²) < 4.78 is 13.1. The van der Waals surface area contributed by atoms with Gasteiger partial charge >= 0.3 is 0 Å². The third-order valence-electron chi connectivity index (χ3n) is 4.68. The van der Waals surface area contributed by atoms with Crippen molar-refractivity contribution in [3.05, 3.63) is 35.1 Å². The van der Waals surface area contributed by atoms with Crippen LogP contribution < -0.4 is 5.32 Å². The van der Waals surface area contributed by atoms with Gasteiger partial charge in [0.2, 0.25) is 0 Å². The molecule has 0 atom stereocenters. The standard InChI is InChI=1S/C17H25FN2/c1-13-10-16(18)5-4-15(13)12-20-8-6-17(7-9-20)19-11-14-2-3-14/h4-5,10,14,17,19H,2-3,6-9,11-12H2,1H3. The van der Waals surface area contributed by atoms with E-state index in [4.69, 9.17) is 0 Å². The Kier molecular flexibility index (Phi) is 4.37. The molecule has 110 valence electrons. The Morgan fingerprint density at radius 2 is 1.95 bits per heavy atom. The fourth-order valence-corrected chi connectivity index (χ4v) is 3.03. The summed E-state index contributed by atoms with van der Waals surface area (Å²) >= 11 is 0. The Morgan fingerprint density at radius 3 is 2.60 bits per heavy atom. The molecule has 1 aliphatic heterocycles. The van der Waals surface area contributed by atoms with Crippen LogP contribution in [0, 0.1) is 18.7 Å². The molecule has 1 aromatic rings. The van der Waals surface area contributed by atoms with Crippen molar-refractivity contribution in [2.75, 3.05) is 19.6 Å². The molecule has 0 spiro atoms. The number of rotatable bonds is 5. The van der Waals surface area contributed by atoms with Gasteiger partial charge in [-0.1, -0.05) is 6.07 Å². The second-order valence-electron chi connectivity index (χ2n) is 6.47. The first-order valence-corrected chi connectivity index (χ1v) is 7.91. The third kappa shape index (κ3) is 3.80. The first-order valence-electron chi connectivity index (χ1n) is 7.91. The number of benzene rings is 1. The van der Waals surface area contributed by atoms with Crippen LogP contribution in [-0.2, 0) is 6.54 Å². The predicted molar refractivity (Wildman–Crippen MR) is 80.2 cm³/mol. The monoisotopic (exact) mass is 276 g/mol. The molecule has 1 saturated heterocycles. The highest BCUT2D eigenvalue weighted by atomic mass is 19.1. The van der Waals surface area contributed by atoms with Crippen LogP contribution in [0.15, 0.2) is 18.2 Å². The number of nitrogens with one attached hydrogen (secondary N) is 1. The molecule has 2 nitrogen and oxygen atoms in total. The molecule has 1 saturated carbocycles. The maximum atomic E-state index is 13.1. The van der Waals surface area contributed by atoms with Gasteiger partial charge in [-0.25, -0.2) is 4.39 Å². The van der Waals surface area contributed by atoms with E-state index in [9.17, 15) is 4.39 Å². The van der Waals surface area contributed by atoms with Crippen molar-refractivity contribution in [3.63, 3.8) is 0 Å². The topological polar surface area (TPSA) is 15.3 Å². The van der Waals surface area contributed by atoms with Gasteiger partial charge in [0.15, 0.2) is 0 Å². The minimum absolute atomic E-state index is 0.130. The van der Waals surface area contributed by atoms with Crippen molar-refractivity contribution in [2.45, 2.75) is 45.2 Å². The molecule has 0 unspecified atom stereocenters. The second kappa shape index (κ2) is 6.23. The highest BCUT2D eigenvalue weighted by Gasteiger charge is 2.24. The third-order valence-corrected chi connectivity index (χ3v) is 4.68. The molecular weight excluding hydrogens is 251 g/mol. The average molecular weight is 276 g/mol. The smallest absolute Gasteiger partial charge is 0.123 e. The van der Waals surface area contributed by atoms with E-state index in [1.165, 1.54) is 37.8 Å². The van der Waals surface area contributed by atoms with Crippen molar-refractivity contribution < 1.29 is 4.39 Å². The Bertz CT molecular complexity index is 448. The van der Waals surface area contributed by atoms with E-state index < -0.39 is 0 Å². The van der Waals surface area contributed by atoms with E-state index in [-0.39, 0.29) is 5.82 Å². The zero-order chi connectivity index (χ0) is 13.9. The number of likely N-dealkylation sites (tertiary alicyclic amines) is 1. The number of hydrogen-bond donors (Lipinski definition) is 1. The molecule has 1 aliphatic carbocycles. The summed E-state index contributed by atoms with van der Waals surface area (Å²) in [5.41, 5.74) is 2.33. The van der Waals surface area contributed by atoms with Gasteiger partial charge in [0, 0.05) is 12.6 Å². The van der Waals surface area contributed by atoms with Crippen LogP contribution in [-0.4, -0.2) is 30.6 Å². The van der Waals surface area contributed by atoms with Crippen molar-refractivity contribution >= 4 is 0 Å². The summed E-state index contributed by atoms with van der Waals surface area (Å²) in [5, 5.41) is 3.71. The van der Waals surface area contributed by atoms with Crippen LogP contribution in [0.3, 0.4) is 0 Å². The highest BCUT2D eigenvalue weighted by molar-refractivity contribution is 5.26. The molecule has 0 radical (unpaired) electrons. The van der Waals surface area contributed by atoms with E-state index in [1.54, 1.807) is 12.1 Å². The summed E-state index contributed by atoms with van der Waals surface area (Å²) in [4.78, 5) is 2.50. The predicted octanol–water partition coefficient (Wildman–Crippen LogP) is 3.10. The van der Waals surface area contributed by atoms with E-state index in [1.807, 2.05) is 13.0 Å². The van der Waals surface area contributed by atoms with E-state index in [0.29, 0.717) is 6.04 Å². The summed E-state index contributed by atoms with van der Waals surface area (Å²) in [6.45, 7) is 6.49. The average Bonchev–Trinajstić information content (AvgIpc) is 3.25. The van der Waals surface area contributed by atoms with Gasteiger partial charge in [-0.2, -0.15) is 0 Å². The van der Waals surface area contributed by atoms with Crippen LogP contribution in [0.4, 0.5) is 4.39 Å². The molecular formula is C17H25FN2. The Labute approximate surface area is 121 Å². The number of hydrogen-bond acceptors (Lipinski definition) is 2. The maximum Gasteiger partial charge on any atom is 0.123 e. The van der Waals surface area contributed by atoms with Crippen LogP contribution >= 0.6 is 0 Å². The molecule has 1 N–H and O–H groups in total. The minimum atomic E-state index is -0.130. The summed E-state index contributed by atoms with van der Waals surface area (Å²) in [6.07, 6.45) is 5.34. The molecule has 3 rings (SSSR count). The zero-order valence-electron chi connectivity index (χ0n) is 12.4. The van der Waals surface area contributed by atoms with Crippen molar-refractivity contribution in [1.82, 2.24) is 10.2 Å². The maximum absolute atomic E-state index is 13.1.